The molecule has 1 aliphatic rings. The highest BCUT2D eigenvalue weighted by molar-refractivity contribution is 5.57. The van der Waals surface area contributed by atoms with E-state index in [1.165, 1.54) is 25.5 Å². The summed E-state index contributed by atoms with van der Waals surface area (Å²) < 4.78 is 2.02. The quantitative estimate of drug-likeness (QED) is 0.836. The van der Waals surface area contributed by atoms with Gasteiger partial charge in [-0.3, -0.25) is 9.67 Å². The van der Waals surface area contributed by atoms with Crippen LogP contribution in [0.15, 0.2) is 30.7 Å². The molecule has 1 fully saturated rings. The van der Waals surface area contributed by atoms with Gasteiger partial charge < -0.3 is 5.11 Å². The Morgan fingerprint density at radius 2 is 2.12 bits per heavy atom. The molecule has 2 aromatic heterocycles. The van der Waals surface area contributed by atoms with Crippen LogP contribution in [0.2, 0.25) is 0 Å². The predicted octanol–water partition coefficient (Wildman–Crippen LogP) is 2.38. The summed E-state index contributed by atoms with van der Waals surface area (Å²) in [6.07, 6.45) is 9.07. The Morgan fingerprint density at radius 1 is 1.25 bits per heavy atom. The van der Waals surface area contributed by atoms with Crippen LogP contribution in [0.25, 0.3) is 11.3 Å². The molecule has 0 bridgehead atoms. The highest BCUT2D eigenvalue weighted by Gasteiger charge is 2.20. The van der Waals surface area contributed by atoms with Crippen molar-refractivity contribution in [3.8, 4) is 17.0 Å². The van der Waals surface area contributed by atoms with E-state index in [1.807, 2.05) is 17.1 Å². The van der Waals surface area contributed by atoms with Gasteiger partial charge in [0.25, 0.3) is 0 Å². The van der Waals surface area contributed by atoms with Gasteiger partial charge in [0.05, 0.1) is 24.1 Å². The number of pyridine rings is 1. The second kappa shape index (κ2) is 3.63. The van der Waals surface area contributed by atoms with E-state index < -0.39 is 0 Å². The van der Waals surface area contributed by atoms with Crippen molar-refractivity contribution in [2.45, 2.75) is 25.3 Å². The number of rotatable bonds is 2. The SMILES string of the molecule is Oc1ccc(-c2cnn(C3CCC3)c2)nc1. The van der Waals surface area contributed by atoms with Gasteiger partial charge in [-0.15, -0.1) is 0 Å². The molecule has 16 heavy (non-hydrogen) atoms. The zero-order valence-electron chi connectivity index (χ0n) is 8.87. The summed E-state index contributed by atoms with van der Waals surface area (Å²) in [4.78, 5) is 4.16. The maximum Gasteiger partial charge on any atom is 0.133 e. The molecule has 3 rings (SSSR count). The minimum atomic E-state index is 0.190. The van der Waals surface area contributed by atoms with Crippen LogP contribution in [0.3, 0.4) is 0 Å². The van der Waals surface area contributed by atoms with Crippen LogP contribution in [-0.2, 0) is 0 Å². The van der Waals surface area contributed by atoms with E-state index in [1.54, 1.807) is 12.1 Å². The van der Waals surface area contributed by atoms with Crippen molar-refractivity contribution in [1.82, 2.24) is 14.8 Å². The highest BCUT2D eigenvalue weighted by Crippen LogP contribution is 2.31. The van der Waals surface area contributed by atoms with Crippen molar-refractivity contribution in [2.24, 2.45) is 0 Å². The van der Waals surface area contributed by atoms with Gasteiger partial charge in [0.1, 0.15) is 5.75 Å². The number of hydrogen-bond donors (Lipinski definition) is 1. The Hall–Kier alpha value is -1.84. The largest absolute Gasteiger partial charge is 0.506 e. The normalized spacial score (nSPS) is 16.0. The van der Waals surface area contributed by atoms with Crippen molar-refractivity contribution in [1.29, 1.82) is 0 Å². The number of aromatic nitrogens is 3. The summed E-state index contributed by atoms with van der Waals surface area (Å²) in [5, 5.41) is 13.5. The number of hydrogen-bond acceptors (Lipinski definition) is 3. The lowest BCUT2D eigenvalue weighted by Crippen LogP contribution is -2.16. The van der Waals surface area contributed by atoms with Crippen LogP contribution in [0.4, 0.5) is 0 Å². The third-order valence-electron chi connectivity index (χ3n) is 3.09. The van der Waals surface area contributed by atoms with Gasteiger partial charge in [0, 0.05) is 11.8 Å². The van der Waals surface area contributed by atoms with Gasteiger partial charge in [-0.1, -0.05) is 0 Å². The van der Waals surface area contributed by atoms with Crippen LogP contribution in [0, 0.1) is 0 Å². The molecule has 0 amide bonds. The van der Waals surface area contributed by atoms with E-state index in [4.69, 9.17) is 5.11 Å². The molecule has 1 saturated carbocycles. The topological polar surface area (TPSA) is 50.9 Å². The Balaban J connectivity index is 1.88. The van der Waals surface area contributed by atoms with E-state index in [9.17, 15) is 0 Å². The summed E-state index contributed by atoms with van der Waals surface area (Å²) in [6.45, 7) is 0. The van der Waals surface area contributed by atoms with Gasteiger partial charge in [-0.25, -0.2) is 0 Å². The van der Waals surface area contributed by atoms with E-state index in [-0.39, 0.29) is 5.75 Å². The summed E-state index contributed by atoms with van der Waals surface area (Å²) in [6, 6.07) is 4.02. The number of nitrogens with zero attached hydrogens (tertiary/aromatic N) is 3. The first-order valence-corrected chi connectivity index (χ1v) is 5.52. The molecule has 0 atom stereocenters. The fourth-order valence-corrected chi connectivity index (χ4v) is 1.88. The average Bonchev–Trinajstić information content (AvgIpc) is 2.65. The number of aromatic hydroxyl groups is 1. The van der Waals surface area contributed by atoms with Gasteiger partial charge in [0.2, 0.25) is 0 Å². The minimum absolute atomic E-state index is 0.190. The summed E-state index contributed by atoms with van der Waals surface area (Å²) in [5.41, 5.74) is 1.86. The molecular formula is C12H13N3O. The summed E-state index contributed by atoms with van der Waals surface area (Å²) in [7, 11) is 0. The van der Waals surface area contributed by atoms with Gasteiger partial charge in [-0.05, 0) is 31.4 Å². The lowest BCUT2D eigenvalue weighted by atomic mass is 9.93. The van der Waals surface area contributed by atoms with Crippen molar-refractivity contribution >= 4 is 0 Å². The molecule has 0 spiro atoms. The first-order chi connectivity index (χ1) is 7.83. The summed E-state index contributed by atoms with van der Waals surface area (Å²) >= 11 is 0. The molecule has 0 unspecified atom stereocenters. The maximum atomic E-state index is 9.16. The lowest BCUT2D eigenvalue weighted by Gasteiger charge is -2.25. The lowest BCUT2D eigenvalue weighted by molar-refractivity contribution is 0.289. The van der Waals surface area contributed by atoms with Gasteiger partial charge in [-0.2, -0.15) is 5.10 Å². The monoisotopic (exact) mass is 215 g/mol. The van der Waals surface area contributed by atoms with Crippen molar-refractivity contribution < 1.29 is 5.11 Å². The molecule has 0 saturated heterocycles. The van der Waals surface area contributed by atoms with Crippen LogP contribution in [0.1, 0.15) is 25.3 Å². The average molecular weight is 215 g/mol. The van der Waals surface area contributed by atoms with E-state index in [0.29, 0.717) is 6.04 Å². The smallest absolute Gasteiger partial charge is 0.133 e. The zero-order valence-corrected chi connectivity index (χ0v) is 8.87. The Kier molecular flexibility index (Phi) is 2.13. The molecule has 82 valence electrons. The highest BCUT2D eigenvalue weighted by atomic mass is 16.3. The third kappa shape index (κ3) is 1.56. The third-order valence-corrected chi connectivity index (χ3v) is 3.09. The molecule has 0 aromatic carbocycles. The van der Waals surface area contributed by atoms with Crippen LogP contribution < -0.4 is 0 Å². The van der Waals surface area contributed by atoms with E-state index in [0.717, 1.165) is 11.3 Å². The standard InChI is InChI=1S/C12H13N3O/c16-11-4-5-12(13-7-11)9-6-14-15(8-9)10-2-1-3-10/h4-8,10,16H,1-3H2. The van der Waals surface area contributed by atoms with Crippen LogP contribution in [0.5, 0.6) is 5.75 Å². The minimum Gasteiger partial charge on any atom is -0.506 e. The van der Waals surface area contributed by atoms with E-state index in [2.05, 4.69) is 10.1 Å². The molecule has 1 N–H and O–H groups in total. The first-order valence-electron chi connectivity index (χ1n) is 5.52. The van der Waals surface area contributed by atoms with Gasteiger partial charge >= 0.3 is 0 Å². The molecule has 4 heteroatoms. The summed E-state index contributed by atoms with van der Waals surface area (Å²) in [5.74, 6) is 0.190. The van der Waals surface area contributed by atoms with Crippen molar-refractivity contribution in [3.63, 3.8) is 0 Å². The van der Waals surface area contributed by atoms with Crippen molar-refractivity contribution in [2.75, 3.05) is 0 Å². The molecule has 0 aliphatic heterocycles. The van der Waals surface area contributed by atoms with Crippen molar-refractivity contribution in [3.05, 3.63) is 30.7 Å². The molecule has 1 aliphatic carbocycles. The molecular weight excluding hydrogens is 202 g/mol. The van der Waals surface area contributed by atoms with E-state index >= 15 is 0 Å². The maximum absolute atomic E-state index is 9.16. The second-order valence-electron chi connectivity index (χ2n) is 4.20. The van der Waals surface area contributed by atoms with Gasteiger partial charge in [0.15, 0.2) is 0 Å². The zero-order chi connectivity index (χ0) is 11.0. The van der Waals surface area contributed by atoms with Crippen LogP contribution >= 0.6 is 0 Å². The first kappa shape index (κ1) is 9.39. The fraction of sp³-hybridized carbons (Fsp3) is 0.333. The predicted molar refractivity (Wildman–Crippen MR) is 60.0 cm³/mol. The van der Waals surface area contributed by atoms with Crippen LogP contribution in [-0.4, -0.2) is 19.9 Å². The molecule has 2 aromatic rings. The fourth-order valence-electron chi connectivity index (χ4n) is 1.88. The Bertz CT molecular complexity index is 485. The molecule has 4 nitrogen and oxygen atoms in total. The molecule has 2 heterocycles. The Labute approximate surface area is 93.6 Å². The Morgan fingerprint density at radius 3 is 2.75 bits per heavy atom. The second-order valence-corrected chi connectivity index (χ2v) is 4.20. The molecule has 0 radical (unpaired) electrons.